The molecule has 2 aliphatic rings. The maximum absolute atomic E-state index is 14.0. The second-order valence-electron chi connectivity index (χ2n) is 10.3. The number of alkyl halides is 3. The van der Waals surface area contributed by atoms with E-state index in [0.29, 0.717) is 26.7 Å². The lowest BCUT2D eigenvalue weighted by Gasteiger charge is -2.36. The summed E-state index contributed by atoms with van der Waals surface area (Å²) in [5.74, 6) is -3.26. The number of aliphatic carboxylic acids is 1. The van der Waals surface area contributed by atoms with Crippen LogP contribution in [-0.2, 0) is 30.8 Å². The van der Waals surface area contributed by atoms with Crippen molar-refractivity contribution in [1.82, 2.24) is 0 Å². The lowest BCUT2D eigenvalue weighted by Crippen LogP contribution is -2.45. The van der Waals surface area contributed by atoms with Crippen LogP contribution in [0.2, 0.25) is 0 Å². The number of benzene rings is 2. The highest BCUT2D eigenvalue weighted by molar-refractivity contribution is 7.92. The normalized spacial score (nSPS) is 18.4. The number of carboxylic acids is 1. The Bertz CT molecular complexity index is 1440. The van der Waals surface area contributed by atoms with Crippen molar-refractivity contribution in [2.75, 3.05) is 18.0 Å². The minimum absolute atomic E-state index is 0.0277. The predicted molar refractivity (Wildman–Crippen MR) is 132 cm³/mol. The Balaban J connectivity index is 1.70. The van der Waals surface area contributed by atoms with Gasteiger partial charge >= 0.3 is 18.1 Å². The van der Waals surface area contributed by atoms with Crippen molar-refractivity contribution in [1.29, 1.82) is 0 Å². The smallest absolute Gasteiger partial charge is 0.427 e. The van der Waals surface area contributed by atoms with E-state index in [-0.39, 0.29) is 40.6 Å². The van der Waals surface area contributed by atoms with Gasteiger partial charge in [0, 0.05) is 12.5 Å². The number of hydrogen-bond acceptors (Lipinski definition) is 7. The maximum Gasteiger partial charge on any atom is 0.427 e. The molecule has 1 atom stereocenters. The van der Waals surface area contributed by atoms with Crippen LogP contribution >= 0.6 is 0 Å². The molecule has 1 aliphatic carbocycles. The molecule has 218 valence electrons. The van der Waals surface area contributed by atoms with E-state index >= 15 is 0 Å². The zero-order valence-corrected chi connectivity index (χ0v) is 22.6. The molecular weight excluding hydrogens is 562 g/mol. The van der Waals surface area contributed by atoms with Crippen LogP contribution in [-0.4, -0.2) is 57.0 Å². The summed E-state index contributed by atoms with van der Waals surface area (Å²) >= 11 is 0. The Kier molecular flexibility index (Phi) is 7.45. The fourth-order valence-corrected chi connectivity index (χ4v) is 5.88. The van der Waals surface area contributed by atoms with Crippen molar-refractivity contribution < 1.29 is 54.9 Å². The number of halogens is 4. The molecular formula is C26H27F4NO8S. The summed E-state index contributed by atoms with van der Waals surface area (Å²) in [6, 6.07) is 6.96. The third kappa shape index (κ3) is 5.67. The lowest BCUT2D eigenvalue weighted by molar-refractivity contribution is -0.257. The fourth-order valence-electron chi connectivity index (χ4n) is 4.37. The first kappa shape index (κ1) is 29.4. The first-order valence-electron chi connectivity index (χ1n) is 12.2. The topological polar surface area (TPSA) is 119 Å². The van der Waals surface area contributed by atoms with Crippen molar-refractivity contribution >= 4 is 27.6 Å². The molecule has 2 aromatic rings. The van der Waals surface area contributed by atoms with Gasteiger partial charge < -0.3 is 19.3 Å². The summed E-state index contributed by atoms with van der Waals surface area (Å²) in [5.41, 5.74) is -3.66. The minimum atomic E-state index is -4.81. The summed E-state index contributed by atoms with van der Waals surface area (Å²) in [6.07, 6.45) is -5.42. The van der Waals surface area contributed by atoms with Gasteiger partial charge in [0.15, 0.2) is 11.6 Å². The Hall–Kier alpha value is -3.55. The van der Waals surface area contributed by atoms with Crippen LogP contribution in [0.4, 0.5) is 23.2 Å². The number of nitrogens with zero attached hydrogens (tertiary/aromatic N) is 1. The zero-order valence-electron chi connectivity index (χ0n) is 21.7. The predicted octanol–water partition coefficient (Wildman–Crippen LogP) is 4.47. The SMILES string of the molecule is COc1cc(S(=O)(=O)N2C[C@H](CC3(C(=O)O)CC3)Oc3ccc(CC(=O)OC(C)(C)C(F)(F)F)cc32)ccc1F. The Morgan fingerprint density at radius 3 is 2.40 bits per heavy atom. The fraction of sp³-hybridized carbons (Fsp3) is 0.462. The number of rotatable bonds is 9. The number of carbonyl (C=O) groups is 2. The third-order valence-electron chi connectivity index (χ3n) is 6.99. The largest absolute Gasteiger partial charge is 0.494 e. The molecule has 0 aromatic heterocycles. The van der Waals surface area contributed by atoms with Crippen LogP contribution in [0, 0.1) is 11.2 Å². The van der Waals surface area contributed by atoms with Crippen molar-refractivity contribution in [3.8, 4) is 11.5 Å². The molecule has 4 rings (SSSR count). The molecule has 0 saturated heterocycles. The summed E-state index contributed by atoms with van der Waals surface area (Å²) in [5, 5.41) is 9.62. The van der Waals surface area contributed by atoms with Crippen LogP contribution in [0.1, 0.15) is 38.7 Å². The molecule has 0 unspecified atom stereocenters. The summed E-state index contributed by atoms with van der Waals surface area (Å²) in [6.45, 7) is 1.11. The van der Waals surface area contributed by atoms with E-state index in [0.717, 1.165) is 22.5 Å². The number of carbonyl (C=O) groups excluding carboxylic acids is 1. The highest BCUT2D eigenvalue weighted by atomic mass is 32.2. The molecule has 0 radical (unpaired) electrons. The Morgan fingerprint density at radius 1 is 1.15 bits per heavy atom. The first-order valence-corrected chi connectivity index (χ1v) is 13.6. The number of sulfonamides is 1. The van der Waals surface area contributed by atoms with Gasteiger partial charge in [-0.15, -0.1) is 0 Å². The van der Waals surface area contributed by atoms with Gasteiger partial charge in [-0.25, -0.2) is 12.8 Å². The molecule has 1 fully saturated rings. The van der Waals surface area contributed by atoms with Gasteiger partial charge in [0.2, 0.25) is 5.60 Å². The van der Waals surface area contributed by atoms with E-state index in [1.165, 1.54) is 25.3 Å². The highest BCUT2D eigenvalue weighted by Gasteiger charge is 2.53. The molecule has 1 heterocycles. The number of esters is 1. The lowest BCUT2D eigenvalue weighted by atomic mass is 9.97. The second-order valence-corrected chi connectivity index (χ2v) is 12.2. The van der Waals surface area contributed by atoms with Gasteiger partial charge in [0.25, 0.3) is 10.0 Å². The molecule has 1 saturated carbocycles. The van der Waals surface area contributed by atoms with Gasteiger partial charge in [-0.05, 0) is 56.5 Å². The van der Waals surface area contributed by atoms with E-state index in [1.54, 1.807) is 0 Å². The van der Waals surface area contributed by atoms with Crippen molar-refractivity contribution in [2.24, 2.45) is 5.41 Å². The monoisotopic (exact) mass is 589 g/mol. The van der Waals surface area contributed by atoms with Crippen LogP contribution in [0.15, 0.2) is 41.3 Å². The number of anilines is 1. The number of methoxy groups -OCH3 is 1. The van der Waals surface area contributed by atoms with E-state index in [1.807, 2.05) is 0 Å². The molecule has 1 N–H and O–H groups in total. The summed E-state index contributed by atoms with van der Waals surface area (Å²) in [7, 11) is -3.24. The first-order chi connectivity index (χ1) is 18.5. The van der Waals surface area contributed by atoms with Crippen LogP contribution in [0.5, 0.6) is 11.5 Å². The van der Waals surface area contributed by atoms with Gasteiger partial charge in [0.1, 0.15) is 11.9 Å². The van der Waals surface area contributed by atoms with Gasteiger partial charge in [-0.3, -0.25) is 13.9 Å². The number of hydrogen-bond donors (Lipinski definition) is 1. The number of fused-ring (bicyclic) bond motifs is 1. The Morgan fingerprint density at radius 2 is 1.82 bits per heavy atom. The molecule has 1 aliphatic heterocycles. The van der Waals surface area contributed by atoms with Gasteiger partial charge in [0.05, 0.1) is 36.1 Å². The minimum Gasteiger partial charge on any atom is -0.494 e. The van der Waals surface area contributed by atoms with E-state index in [9.17, 15) is 40.7 Å². The third-order valence-corrected chi connectivity index (χ3v) is 8.77. The number of ether oxygens (including phenoxy) is 3. The average Bonchev–Trinajstić information content (AvgIpc) is 3.63. The van der Waals surface area contributed by atoms with E-state index in [4.69, 9.17) is 9.47 Å². The molecule has 0 spiro atoms. The molecule has 9 nitrogen and oxygen atoms in total. The van der Waals surface area contributed by atoms with Crippen LogP contribution in [0.3, 0.4) is 0 Å². The average molecular weight is 590 g/mol. The molecule has 0 amide bonds. The molecule has 40 heavy (non-hydrogen) atoms. The molecule has 14 heteroatoms. The van der Waals surface area contributed by atoms with Gasteiger partial charge in [-0.1, -0.05) is 6.07 Å². The van der Waals surface area contributed by atoms with E-state index < -0.39 is 57.5 Å². The van der Waals surface area contributed by atoms with E-state index in [2.05, 4.69) is 4.74 Å². The Labute approximate surface area is 227 Å². The van der Waals surface area contributed by atoms with Crippen LogP contribution < -0.4 is 13.8 Å². The molecule has 2 aromatic carbocycles. The number of carboxylic acid groups (broad SMARTS) is 1. The summed E-state index contributed by atoms with van der Waals surface area (Å²) < 4.78 is 97.5. The maximum atomic E-state index is 14.0. The van der Waals surface area contributed by atoms with Crippen molar-refractivity contribution in [2.45, 2.75) is 62.3 Å². The standard InChI is InChI=1S/C26H27F4NO8S/c1-24(2,26(28,29)30)39-22(32)11-15-4-7-20-19(10-15)31(14-16(38-20)13-25(8-9-25)23(33)34)40(35,36)17-5-6-18(27)21(12-17)37-3/h4-7,10,12,16H,8-9,11,13-14H2,1-3H3,(H,33,34)/t16-/m0/s1. The zero-order chi connectivity index (χ0) is 29.7. The summed E-state index contributed by atoms with van der Waals surface area (Å²) in [4.78, 5) is 23.8. The van der Waals surface area contributed by atoms with Gasteiger partial charge in [-0.2, -0.15) is 13.2 Å². The molecule has 0 bridgehead atoms. The van der Waals surface area contributed by atoms with Crippen LogP contribution in [0.25, 0.3) is 0 Å². The second kappa shape index (κ2) is 10.1. The highest BCUT2D eigenvalue weighted by Crippen LogP contribution is 2.51. The van der Waals surface area contributed by atoms with Crippen molar-refractivity contribution in [3.63, 3.8) is 0 Å². The quantitative estimate of drug-likeness (QED) is 0.336. The van der Waals surface area contributed by atoms with Crippen molar-refractivity contribution in [3.05, 3.63) is 47.8 Å².